The van der Waals surface area contributed by atoms with E-state index in [1.54, 1.807) is 25.3 Å². The van der Waals surface area contributed by atoms with Gasteiger partial charge in [-0.1, -0.05) is 26.0 Å². The molecule has 2 aromatic rings. The Bertz CT molecular complexity index is 1050. The van der Waals surface area contributed by atoms with Crippen LogP contribution in [0.2, 0.25) is 0 Å². The Balaban J connectivity index is 2.14. The number of likely N-dealkylation sites (tertiary alicyclic amines) is 1. The van der Waals surface area contributed by atoms with Crippen LogP contribution in [0.3, 0.4) is 0 Å². The summed E-state index contributed by atoms with van der Waals surface area (Å²) in [5, 5.41) is 11.3. The predicted octanol–water partition coefficient (Wildman–Crippen LogP) is 4.81. The molecule has 1 amide bonds. The van der Waals surface area contributed by atoms with Crippen molar-refractivity contribution < 1.29 is 28.6 Å². The third-order valence-corrected chi connectivity index (χ3v) is 5.68. The van der Waals surface area contributed by atoms with E-state index in [1.807, 2.05) is 20.8 Å². The quantitative estimate of drug-likeness (QED) is 0.254. The van der Waals surface area contributed by atoms with E-state index >= 15 is 0 Å². The Morgan fingerprint density at radius 3 is 2.45 bits per heavy atom. The van der Waals surface area contributed by atoms with Crippen molar-refractivity contribution in [3.05, 3.63) is 70.5 Å². The number of halogens is 1. The van der Waals surface area contributed by atoms with Crippen molar-refractivity contribution in [3.8, 4) is 5.75 Å². The number of hydrogen-bond donors (Lipinski definition) is 1. The van der Waals surface area contributed by atoms with Gasteiger partial charge in [0.15, 0.2) is 0 Å². The Kier molecular flexibility index (Phi) is 7.87. The van der Waals surface area contributed by atoms with Gasteiger partial charge in [0.2, 0.25) is 0 Å². The van der Waals surface area contributed by atoms with Crippen molar-refractivity contribution >= 4 is 17.4 Å². The Morgan fingerprint density at radius 1 is 1.15 bits per heavy atom. The third-order valence-electron chi connectivity index (χ3n) is 5.68. The van der Waals surface area contributed by atoms with Gasteiger partial charge in [-0.2, -0.15) is 0 Å². The molecule has 7 heteroatoms. The highest BCUT2D eigenvalue weighted by atomic mass is 19.1. The van der Waals surface area contributed by atoms with Crippen molar-refractivity contribution in [2.75, 3.05) is 26.9 Å². The number of nitrogens with zero attached hydrogens (tertiary/aromatic N) is 1. The molecular weight excluding hydrogens is 425 g/mol. The van der Waals surface area contributed by atoms with E-state index in [4.69, 9.17) is 9.47 Å². The molecule has 1 unspecified atom stereocenters. The molecular formula is C26H30FNO5. The first-order valence-corrected chi connectivity index (χ1v) is 11.1. The first-order chi connectivity index (χ1) is 15.8. The first kappa shape index (κ1) is 24.5. The number of carbonyl (C=O) groups excluding carboxylic acids is 2. The molecule has 1 saturated heterocycles. The van der Waals surface area contributed by atoms with Gasteiger partial charge in [-0.3, -0.25) is 9.59 Å². The van der Waals surface area contributed by atoms with Crippen LogP contribution in [0.25, 0.3) is 5.76 Å². The first-order valence-electron chi connectivity index (χ1n) is 11.1. The van der Waals surface area contributed by atoms with Gasteiger partial charge in [0.25, 0.3) is 11.7 Å². The Labute approximate surface area is 193 Å². The summed E-state index contributed by atoms with van der Waals surface area (Å²) in [7, 11) is 1.56. The van der Waals surface area contributed by atoms with Crippen LogP contribution in [-0.4, -0.2) is 48.6 Å². The lowest BCUT2D eigenvalue weighted by Gasteiger charge is -2.25. The van der Waals surface area contributed by atoms with Gasteiger partial charge in [0.1, 0.15) is 17.3 Å². The lowest BCUT2D eigenvalue weighted by atomic mass is 9.93. The van der Waals surface area contributed by atoms with Crippen LogP contribution >= 0.6 is 0 Å². The number of benzene rings is 2. The Hall–Kier alpha value is -3.19. The fourth-order valence-corrected chi connectivity index (χ4v) is 4.07. The van der Waals surface area contributed by atoms with E-state index in [2.05, 4.69) is 0 Å². The topological polar surface area (TPSA) is 76.1 Å². The smallest absolute Gasteiger partial charge is 0.295 e. The number of Topliss-reactive ketones (excluding diaryl/α,β-unsaturated/α-hetero) is 1. The summed E-state index contributed by atoms with van der Waals surface area (Å²) < 4.78 is 24.4. The van der Waals surface area contributed by atoms with Gasteiger partial charge in [0, 0.05) is 25.8 Å². The summed E-state index contributed by atoms with van der Waals surface area (Å²) in [5.41, 5.74) is 1.84. The number of aliphatic hydroxyl groups excluding tert-OH is 1. The average molecular weight is 456 g/mol. The van der Waals surface area contributed by atoms with Gasteiger partial charge in [-0.25, -0.2) is 4.39 Å². The van der Waals surface area contributed by atoms with Crippen LogP contribution < -0.4 is 4.74 Å². The van der Waals surface area contributed by atoms with Gasteiger partial charge in [-0.15, -0.1) is 0 Å². The van der Waals surface area contributed by atoms with E-state index in [9.17, 15) is 19.1 Å². The highest BCUT2D eigenvalue weighted by Gasteiger charge is 2.45. The maximum absolute atomic E-state index is 13.6. The SMILES string of the molecule is CCOc1ccc(/C(O)=C2/C(=O)C(=O)N(CCCOC)C2c2ccc(F)cc2)cc1C(C)C. The lowest BCUT2D eigenvalue weighted by Crippen LogP contribution is -2.31. The molecule has 1 aliphatic rings. The van der Waals surface area contributed by atoms with Crippen LogP contribution in [0, 0.1) is 5.82 Å². The molecule has 33 heavy (non-hydrogen) atoms. The molecule has 176 valence electrons. The van der Waals surface area contributed by atoms with Crippen molar-refractivity contribution in [1.82, 2.24) is 4.90 Å². The Morgan fingerprint density at radius 2 is 1.85 bits per heavy atom. The number of aliphatic hydroxyl groups is 1. The molecule has 0 bridgehead atoms. The summed E-state index contributed by atoms with van der Waals surface area (Å²) in [6.07, 6.45) is 0.516. The van der Waals surface area contributed by atoms with Gasteiger partial charge in [0.05, 0.1) is 18.2 Å². The summed E-state index contributed by atoms with van der Waals surface area (Å²) in [6.45, 7) is 7.09. The lowest BCUT2D eigenvalue weighted by molar-refractivity contribution is -0.140. The van der Waals surface area contributed by atoms with Crippen LogP contribution in [0.5, 0.6) is 5.75 Å². The fraction of sp³-hybridized carbons (Fsp3) is 0.385. The standard InChI is InChI=1S/C26H30FNO5/c1-5-33-21-12-9-18(15-20(21)16(2)3)24(29)22-23(17-7-10-19(27)11-8-17)28(13-6-14-32-4)26(31)25(22)30/h7-12,15-16,23,29H,5-6,13-14H2,1-4H3/b24-22-. The van der Waals surface area contributed by atoms with E-state index < -0.39 is 23.5 Å². The van der Waals surface area contributed by atoms with Crippen molar-refractivity contribution in [1.29, 1.82) is 0 Å². The minimum Gasteiger partial charge on any atom is -0.507 e. The summed E-state index contributed by atoms with van der Waals surface area (Å²) in [5.74, 6) is -1.33. The van der Waals surface area contributed by atoms with E-state index in [0.29, 0.717) is 36.5 Å². The van der Waals surface area contributed by atoms with Crippen LogP contribution in [-0.2, 0) is 14.3 Å². The third kappa shape index (κ3) is 5.09. The number of carbonyl (C=O) groups is 2. The molecule has 0 aliphatic carbocycles. The summed E-state index contributed by atoms with van der Waals surface area (Å²) in [4.78, 5) is 27.4. The minimum absolute atomic E-state index is 0.0112. The summed E-state index contributed by atoms with van der Waals surface area (Å²) in [6, 6.07) is 10.0. The zero-order valence-corrected chi connectivity index (χ0v) is 19.4. The summed E-state index contributed by atoms with van der Waals surface area (Å²) >= 11 is 0. The zero-order chi connectivity index (χ0) is 24.1. The molecule has 1 N–H and O–H groups in total. The maximum Gasteiger partial charge on any atom is 0.295 e. The van der Waals surface area contributed by atoms with Crippen molar-refractivity contribution in [2.45, 2.75) is 39.2 Å². The predicted molar refractivity (Wildman–Crippen MR) is 124 cm³/mol. The number of amides is 1. The molecule has 1 fully saturated rings. The van der Waals surface area contributed by atoms with Crippen LogP contribution in [0.1, 0.15) is 55.8 Å². The number of ether oxygens (including phenoxy) is 2. The van der Waals surface area contributed by atoms with E-state index in [-0.39, 0.29) is 23.8 Å². The monoisotopic (exact) mass is 455 g/mol. The largest absolute Gasteiger partial charge is 0.507 e. The maximum atomic E-state index is 13.6. The van der Waals surface area contributed by atoms with Gasteiger partial charge in [-0.05, 0) is 60.7 Å². The number of methoxy groups -OCH3 is 1. The molecule has 0 radical (unpaired) electrons. The highest BCUT2D eigenvalue weighted by molar-refractivity contribution is 6.46. The molecule has 0 aromatic heterocycles. The van der Waals surface area contributed by atoms with Crippen molar-refractivity contribution in [3.63, 3.8) is 0 Å². The van der Waals surface area contributed by atoms with Crippen LogP contribution in [0.4, 0.5) is 4.39 Å². The molecule has 1 heterocycles. The van der Waals surface area contributed by atoms with Gasteiger partial charge >= 0.3 is 0 Å². The average Bonchev–Trinajstić information content (AvgIpc) is 3.04. The molecule has 2 aromatic carbocycles. The van der Waals surface area contributed by atoms with E-state index in [1.165, 1.54) is 29.2 Å². The number of rotatable bonds is 9. The molecule has 1 atom stereocenters. The van der Waals surface area contributed by atoms with Crippen molar-refractivity contribution in [2.24, 2.45) is 0 Å². The second-order valence-corrected chi connectivity index (χ2v) is 8.23. The van der Waals surface area contributed by atoms with Crippen LogP contribution in [0.15, 0.2) is 48.0 Å². The second kappa shape index (κ2) is 10.6. The second-order valence-electron chi connectivity index (χ2n) is 8.23. The molecule has 0 saturated carbocycles. The van der Waals surface area contributed by atoms with Gasteiger partial charge < -0.3 is 19.5 Å². The number of hydrogen-bond acceptors (Lipinski definition) is 5. The highest BCUT2D eigenvalue weighted by Crippen LogP contribution is 2.40. The molecule has 3 rings (SSSR count). The fourth-order valence-electron chi connectivity index (χ4n) is 4.07. The zero-order valence-electron chi connectivity index (χ0n) is 19.4. The molecule has 6 nitrogen and oxygen atoms in total. The van der Waals surface area contributed by atoms with E-state index in [0.717, 1.165) is 5.56 Å². The molecule has 0 spiro atoms. The minimum atomic E-state index is -0.823. The molecule has 1 aliphatic heterocycles. The number of ketones is 1. The normalized spacial score (nSPS) is 17.8.